The second kappa shape index (κ2) is 9.57. The summed E-state index contributed by atoms with van der Waals surface area (Å²) in [5, 5.41) is 6.82. The van der Waals surface area contributed by atoms with Crippen molar-refractivity contribution in [3.05, 3.63) is 62.8 Å². The third kappa shape index (κ3) is 4.86. The Balaban J connectivity index is 1.52. The summed E-state index contributed by atoms with van der Waals surface area (Å²) in [6, 6.07) is 5.81. The van der Waals surface area contributed by atoms with Crippen LogP contribution in [0, 0.1) is 11.6 Å². The predicted molar refractivity (Wildman–Crippen MR) is 119 cm³/mol. The lowest BCUT2D eigenvalue weighted by Crippen LogP contribution is -2.08. The highest BCUT2D eigenvalue weighted by molar-refractivity contribution is 9.10. The molecule has 0 amide bonds. The van der Waals surface area contributed by atoms with Crippen molar-refractivity contribution in [1.29, 1.82) is 0 Å². The van der Waals surface area contributed by atoms with Crippen LogP contribution in [0.25, 0.3) is 21.3 Å². The van der Waals surface area contributed by atoms with E-state index in [0.29, 0.717) is 35.3 Å². The minimum absolute atomic E-state index is 0.0867. The smallest absolute Gasteiger partial charge is 0.439 e. The summed E-state index contributed by atoms with van der Waals surface area (Å²) < 4.78 is 38.0. The first-order valence-electron chi connectivity index (χ1n) is 9.47. The third-order valence-corrected chi connectivity index (χ3v) is 6.12. The Morgan fingerprint density at radius 2 is 2.06 bits per heavy atom. The lowest BCUT2D eigenvalue weighted by atomic mass is 10.1. The number of benzene rings is 1. The number of nitrogens with zero attached hydrogens (tertiary/aromatic N) is 3. The Bertz CT molecular complexity index is 1310. The van der Waals surface area contributed by atoms with Crippen molar-refractivity contribution >= 4 is 33.1 Å². The van der Waals surface area contributed by atoms with Gasteiger partial charge in [-0.2, -0.15) is 0 Å². The van der Waals surface area contributed by atoms with Crippen LogP contribution in [0.1, 0.15) is 12.5 Å². The van der Waals surface area contributed by atoms with E-state index < -0.39 is 17.4 Å². The molecule has 0 spiro atoms. The molecule has 1 aromatic carbocycles. The van der Waals surface area contributed by atoms with Crippen LogP contribution in [0.15, 0.2) is 44.4 Å². The highest BCUT2D eigenvalue weighted by Crippen LogP contribution is 2.41. The summed E-state index contributed by atoms with van der Waals surface area (Å²) in [5.74, 6) is -0.325. The number of nitrogens with one attached hydrogen (secondary N) is 2. The van der Waals surface area contributed by atoms with Crippen LogP contribution < -0.4 is 15.8 Å². The van der Waals surface area contributed by atoms with Gasteiger partial charge in [-0.1, -0.05) is 5.16 Å². The topological polar surface area (TPSA) is 106 Å². The van der Waals surface area contributed by atoms with Crippen LogP contribution in [0.2, 0.25) is 0 Å². The molecule has 12 heteroatoms. The molecule has 0 atom stereocenters. The molecule has 0 aliphatic rings. The van der Waals surface area contributed by atoms with Crippen molar-refractivity contribution in [2.24, 2.45) is 0 Å². The minimum atomic E-state index is -0.659. The number of anilines is 1. The van der Waals surface area contributed by atoms with Gasteiger partial charge in [-0.25, -0.2) is 23.5 Å². The number of rotatable bonds is 8. The summed E-state index contributed by atoms with van der Waals surface area (Å²) >= 11 is 4.29. The van der Waals surface area contributed by atoms with Crippen LogP contribution in [0.4, 0.5) is 14.6 Å². The zero-order valence-electron chi connectivity index (χ0n) is 16.6. The number of aromatic nitrogens is 4. The molecule has 0 saturated heterocycles. The van der Waals surface area contributed by atoms with Crippen LogP contribution in [-0.2, 0) is 6.42 Å². The van der Waals surface area contributed by atoms with E-state index in [4.69, 9.17) is 4.74 Å². The second-order valence-electron chi connectivity index (χ2n) is 6.50. The number of ether oxygens (including phenoxy) is 1. The highest BCUT2D eigenvalue weighted by atomic mass is 79.9. The molecule has 8 nitrogen and oxygen atoms in total. The molecule has 4 aromatic rings. The van der Waals surface area contributed by atoms with Crippen molar-refractivity contribution < 1.29 is 18.0 Å². The monoisotopic (exact) mass is 523 g/mol. The number of hydrogen-bond acceptors (Lipinski definition) is 8. The van der Waals surface area contributed by atoms with Gasteiger partial charge < -0.3 is 10.1 Å². The van der Waals surface area contributed by atoms with E-state index in [-0.39, 0.29) is 22.3 Å². The number of aromatic amines is 1. The van der Waals surface area contributed by atoms with Gasteiger partial charge in [0.25, 0.3) is 0 Å². The Kier molecular flexibility index (Phi) is 6.61. The van der Waals surface area contributed by atoms with Crippen molar-refractivity contribution in [1.82, 2.24) is 20.1 Å². The Labute approximate surface area is 192 Å². The van der Waals surface area contributed by atoms with Gasteiger partial charge in [-0.3, -0.25) is 9.51 Å². The lowest BCUT2D eigenvalue weighted by molar-refractivity contribution is 0.342. The maximum absolute atomic E-state index is 14.0. The van der Waals surface area contributed by atoms with Gasteiger partial charge >= 0.3 is 5.76 Å². The maximum Gasteiger partial charge on any atom is 0.439 e. The van der Waals surface area contributed by atoms with E-state index >= 15 is 0 Å². The molecule has 0 saturated carbocycles. The van der Waals surface area contributed by atoms with Crippen LogP contribution >= 0.6 is 27.3 Å². The Hall–Kier alpha value is -3.12. The number of hydrogen-bond donors (Lipinski definition) is 2. The van der Waals surface area contributed by atoms with Gasteiger partial charge in [0.2, 0.25) is 0 Å². The van der Waals surface area contributed by atoms with E-state index in [1.165, 1.54) is 23.7 Å². The molecule has 0 bridgehead atoms. The normalized spacial score (nSPS) is 11.0. The summed E-state index contributed by atoms with van der Waals surface area (Å²) in [7, 11) is 0. The SMILES string of the molecule is CCOc1cc(-c2cc(NCCc3cc(F)c(Br)cc3F)ncn2)sc1-c1noc(=O)[nH]1. The first kappa shape index (κ1) is 22.1. The number of halogens is 3. The van der Waals surface area contributed by atoms with Gasteiger partial charge in [0.1, 0.15) is 34.4 Å². The standard InChI is InChI=1S/C20H16BrF2N5O3S/c1-2-30-15-8-16(32-18(15)19-27-20(29)31-28-19)14-7-17(26-9-25-14)24-4-3-10-5-13(23)11(21)6-12(10)22/h5-9H,2-4H2,1H3,(H,24,25,26)(H,27,28,29). The molecule has 3 aromatic heterocycles. The Morgan fingerprint density at radius 1 is 1.22 bits per heavy atom. The molecule has 166 valence electrons. The van der Waals surface area contributed by atoms with Crippen LogP contribution in [-0.4, -0.2) is 33.3 Å². The lowest BCUT2D eigenvalue weighted by Gasteiger charge is -2.08. The van der Waals surface area contributed by atoms with Crippen molar-refractivity contribution in [3.63, 3.8) is 0 Å². The molecule has 2 N–H and O–H groups in total. The summed E-state index contributed by atoms with van der Waals surface area (Å²) in [6.07, 6.45) is 1.67. The van der Waals surface area contributed by atoms with Crippen molar-refractivity contribution in [3.8, 4) is 27.0 Å². The maximum atomic E-state index is 14.0. The summed E-state index contributed by atoms with van der Waals surface area (Å²) in [4.78, 5) is 23.7. The average Bonchev–Trinajstić information content (AvgIpc) is 3.38. The molecule has 4 rings (SSSR count). The molecule has 0 aliphatic heterocycles. The second-order valence-corrected chi connectivity index (χ2v) is 8.41. The first-order valence-corrected chi connectivity index (χ1v) is 11.1. The van der Waals surface area contributed by atoms with Gasteiger partial charge in [0.05, 0.1) is 21.7 Å². The fraction of sp³-hybridized carbons (Fsp3) is 0.200. The molecule has 0 unspecified atom stereocenters. The number of thiophene rings is 1. The molecule has 0 aliphatic carbocycles. The molecular formula is C20H16BrF2N5O3S. The van der Waals surface area contributed by atoms with Crippen LogP contribution in [0.3, 0.4) is 0 Å². The molecule has 32 heavy (non-hydrogen) atoms. The van der Waals surface area contributed by atoms with E-state index in [2.05, 4.69) is 45.9 Å². The first-order chi connectivity index (χ1) is 15.4. The number of H-pyrrole nitrogens is 1. The quantitative estimate of drug-likeness (QED) is 0.324. The van der Waals surface area contributed by atoms with Gasteiger partial charge in [0, 0.05) is 18.7 Å². The molecule has 3 heterocycles. The van der Waals surface area contributed by atoms with Gasteiger partial charge in [0.15, 0.2) is 5.82 Å². The zero-order valence-corrected chi connectivity index (χ0v) is 19.0. The molecule has 0 radical (unpaired) electrons. The summed E-state index contributed by atoms with van der Waals surface area (Å²) in [6.45, 7) is 2.61. The predicted octanol–water partition coefficient (Wildman–Crippen LogP) is 4.64. The Morgan fingerprint density at radius 3 is 2.81 bits per heavy atom. The molecule has 0 fully saturated rings. The molecular weight excluding hydrogens is 508 g/mol. The zero-order chi connectivity index (χ0) is 22.7. The van der Waals surface area contributed by atoms with Gasteiger partial charge in [-0.05, 0) is 47.0 Å². The summed E-state index contributed by atoms with van der Waals surface area (Å²) in [5.41, 5.74) is 0.879. The van der Waals surface area contributed by atoms with Crippen molar-refractivity contribution in [2.75, 3.05) is 18.5 Å². The van der Waals surface area contributed by atoms with Crippen LogP contribution in [0.5, 0.6) is 5.75 Å². The fourth-order valence-electron chi connectivity index (χ4n) is 2.93. The van der Waals surface area contributed by atoms with Crippen molar-refractivity contribution in [2.45, 2.75) is 13.3 Å². The van der Waals surface area contributed by atoms with E-state index in [1.807, 2.05) is 6.92 Å². The van der Waals surface area contributed by atoms with E-state index in [1.54, 1.807) is 12.1 Å². The van der Waals surface area contributed by atoms with E-state index in [0.717, 1.165) is 10.9 Å². The van der Waals surface area contributed by atoms with E-state index in [9.17, 15) is 13.6 Å². The average molecular weight is 524 g/mol. The fourth-order valence-corrected chi connectivity index (χ4v) is 4.25. The minimum Gasteiger partial charge on any atom is -0.492 e. The third-order valence-electron chi connectivity index (χ3n) is 4.36. The highest BCUT2D eigenvalue weighted by Gasteiger charge is 2.18. The van der Waals surface area contributed by atoms with Gasteiger partial charge in [-0.15, -0.1) is 11.3 Å². The largest absolute Gasteiger partial charge is 0.492 e.